The molecule has 7 rings (SSSR count). The molecule has 2 aromatic carbocycles. The van der Waals surface area contributed by atoms with Crippen molar-refractivity contribution in [3.05, 3.63) is 93.0 Å². The van der Waals surface area contributed by atoms with Gasteiger partial charge in [0.2, 0.25) is 15.9 Å². The zero-order valence-electron chi connectivity index (χ0n) is 32.3. The van der Waals surface area contributed by atoms with Gasteiger partial charge in [0, 0.05) is 35.7 Å². The Balaban J connectivity index is 1.39. The van der Waals surface area contributed by atoms with Crippen LogP contribution in [0.5, 0.6) is 0 Å². The number of rotatable bonds is 11. The van der Waals surface area contributed by atoms with Gasteiger partial charge in [-0.25, -0.2) is 27.0 Å². The molecule has 0 aliphatic heterocycles. The molecule has 0 saturated heterocycles. The number of fused-ring (bicyclic) bond motifs is 4. The first-order valence-electron chi connectivity index (χ1n) is 18.5. The minimum atomic E-state index is -3.82. The third kappa shape index (κ3) is 8.23. The lowest BCUT2D eigenvalue weighted by atomic mass is 9.73. The summed E-state index contributed by atoms with van der Waals surface area (Å²) in [6.45, 7) is 3.67. The highest BCUT2D eigenvalue weighted by molar-refractivity contribution is 7.92. The predicted octanol–water partition coefficient (Wildman–Crippen LogP) is 6.13. The number of pyridine rings is 1. The molecule has 0 radical (unpaired) electrons. The lowest BCUT2D eigenvalue weighted by molar-refractivity contribution is -0.123. The van der Waals surface area contributed by atoms with Gasteiger partial charge in [-0.1, -0.05) is 23.6 Å². The van der Waals surface area contributed by atoms with E-state index in [-0.39, 0.29) is 63.9 Å². The molecule has 3 aromatic heterocycles. The van der Waals surface area contributed by atoms with Gasteiger partial charge in [0.15, 0.2) is 11.5 Å². The Morgan fingerprint density at radius 1 is 1.10 bits per heavy atom. The van der Waals surface area contributed by atoms with Crippen LogP contribution in [0, 0.1) is 29.4 Å². The van der Waals surface area contributed by atoms with Crippen LogP contribution >= 0.6 is 11.6 Å². The number of sulfonamides is 1. The third-order valence-corrected chi connectivity index (χ3v) is 11.0. The summed E-state index contributed by atoms with van der Waals surface area (Å²) in [5.41, 5.74) is -0.921. The van der Waals surface area contributed by atoms with E-state index < -0.39 is 75.2 Å². The van der Waals surface area contributed by atoms with Gasteiger partial charge in [-0.15, -0.1) is 0 Å². The molecule has 1 fully saturated rings. The number of halogens is 5. The van der Waals surface area contributed by atoms with Crippen LogP contribution in [0.2, 0.25) is 5.02 Å². The normalized spacial score (nSPS) is 17.3. The topological polar surface area (TPSA) is 170 Å². The first-order valence-corrected chi connectivity index (χ1v) is 20.7. The molecule has 2 aliphatic rings. The molecule has 3 N–H and O–H groups in total. The Hall–Kier alpha value is -5.51. The SMILES string of the molecule is CCOC(=O)c1nn(CC(=O)N[C@@H](Cc2cc(F)cc(F)c2)c2nc(C#CC(C)(C)O)ccc2-c2ccc(Cl)c3c(NS(C)(=O)=O)nn(C)c23)c2c1[C@H]1CC[C@H]1C2(F)F. The maximum absolute atomic E-state index is 15.9. The Kier molecular flexibility index (Phi) is 10.8. The zero-order valence-corrected chi connectivity index (χ0v) is 33.9. The van der Waals surface area contributed by atoms with Crippen molar-refractivity contribution in [1.82, 2.24) is 29.9 Å². The van der Waals surface area contributed by atoms with E-state index in [0.717, 1.165) is 23.1 Å². The minimum absolute atomic E-state index is 0.0311. The molecule has 0 bridgehead atoms. The Morgan fingerprint density at radius 2 is 1.80 bits per heavy atom. The fraction of sp³-hybridized carbons (Fsp3) is 0.375. The number of aromatic nitrogens is 5. The first-order chi connectivity index (χ1) is 27.6. The highest BCUT2D eigenvalue weighted by Gasteiger charge is 2.62. The molecule has 2 aliphatic carbocycles. The van der Waals surface area contributed by atoms with Crippen molar-refractivity contribution in [2.45, 2.75) is 70.1 Å². The number of ether oxygens (including phenoxy) is 1. The second-order valence-electron chi connectivity index (χ2n) is 15.1. The lowest BCUT2D eigenvalue weighted by Crippen LogP contribution is -2.36. The maximum Gasteiger partial charge on any atom is 0.359 e. The standard InChI is InChI=1S/C40H38ClF4N7O6S/c1-6-58-38(54)34-31-26-9-11-27(26)40(44,45)36(31)52(48-34)19-30(53)47-29(17-20-15-21(42)18-22(43)16-20)33-24(8-7-23(46-33)13-14-39(2,3)55)25-10-12-28(41)32-35(25)51(4)49-37(32)50-59(5,56)57/h7-8,10,12,15-16,18,26-27,29,55H,6,9,11,17,19H2,1-5H3,(H,47,53)(H,49,50)/t26-,27+,29-/m0/s1. The quantitative estimate of drug-likeness (QED) is 0.0804. The van der Waals surface area contributed by atoms with E-state index in [4.69, 9.17) is 21.3 Å². The largest absolute Gasteiger partial charge is 0.461 e. The summed E-state index contributed by atoms with van der Waals surface area (Å²) in [6, 6.07) is 7.78. The van der Waals surface area contributed by atoms with Crippen molar-refractivity contribution in [3.63, 3.8) is 0 Å². The van der Waals surface area contributed by atoms with Crippen LogP contribution in [0.4, 0.5) is 23.4 Å². The predicted molar refractivity (Wildman–Crippen MR) is 209 cm³/mol. The number of alkyl halides is 2. The molecule has 310 valence electrons. The molecule has 3 heterocycles. The first kappa shape index (κ1) is 41.6. The summed E-state index contributed by atoms with van der Waals surface area (Å²) >= 11 is 6.61. The zero-order chi connectivity index (χ0) is 42.8. The number of hydrogen-bond donors (Lipinski definition) is 3. The second-order valence-corrected chi connectivity index (χ2v) is 17.3. The van der Waals surface area contributed by atoms with Gasteiger partial charge in [0.25, 0.3) is 5.92 Å². The van der Waals surface area contributed by atoms with Gasteiger partial charge in [0.05, 0.1) is 40.5 Å². The van der Waals surface area contributed by atoms with Crippen molar-refractivity contribution in [1.29, 1.82) is 0 Å². The number of amides is 1. The van der Waals surface area contributed by atoms with Gasteiger partial charge in [0.1, 0.15) is 35.2 Å². The Labute approximate surface area is 341 Å². The summed E-state index contributed by atoms with van der Waals surface area (Å²) in [5.74, 6) is -3.27. The molecule has 19 heteroatoms. The van der Waals surface area contributed by atoms with Gasteiger partial charge >= 0.3 is 5.97 Å². The minimum Gasteiger partial charge on any atom is -0.461 e. The van der Waals surface area contributed by atoms with E-state index in [1.54, 1.807) is 26.1 Å². The van der Waals surface area contributed by atoms with Crippen molar-refractivity contribution in [2.75, 3.05) is 17.6 Å². The molecule has 13 nitrogen and oxygen atoms in total. The number of aliphatic hydroxyl groups is 1. The molecule has 1 saturated carbocycles. The number of esters is 1. The van der Waals surface area contributed by atoms with Crippen LogP contribution < -0.4 is 10.0 Å². The van der Waals surface area contributed by atoms with E-state index in [0.29, 0.717) is 29.1 Å². The van der Waals surface area contributed by atoms with Crippen LogP contribution in [0.1, 0.15) is 84.3 Å². The summed E-state index contributed by atoms with van der Waals surface area (Å²) in [5, 5.41) is 22.1. The van der Waals surface area contributed by atoms with Gasteiger partial charge in [-0.2, -0.15) is 19.0 Å². The van der Waals surface area contributed by atoms with E-state index in [2.05, 4.69) is 32.1 Å². The summed E-state index contributed by atoms with van der Waals surface area (Å²) < 4.78 is 95.3. The van der Waals surface area contributed by atoms with Crippen LogP contribution in [-0.4, -0.2) is 68.4 Å². The van der Waals surface area contributed by atoms with Crippen LogP contribution in [0.3, 0.4) is 0 Å². The van der Waals surface area contributed by atoms with E-state index in [9.17, 15) is 31.9 Å². The highest BCUT2D eigenvalue weighted by atomic mass is 35.5. The highest BCUT2D eigenvalue weighted by Crippen LogP contribution is 2.63. The van der Waals surface area contributed by atoms with E-state index in [1.807, 2.05) is 0 Å². The van der Waals surface area contributed by atoms with Crippen molar-refractivity contribution >= 4 is 50.2 Å². The molecule has 3 atom stereocenters. The fourth-order valence-corrected chi connectivity index (χ4v) is 8.49. The Morgan fingerprint density at radius 3 is 2.42 bits per heavy atom. The molecule has 5 aromatic rings. The van der Waals surface area contributed by atoms with Gasteiger partial charge in [-0.05, 0) is 87.8 Å². The maximum atomic E-state index is 15.9. The van der Waals surface area contributed by atoms with E-state index in [1.165, 1.54) is 30.7 Å². The second kappa shape index (κ2) is 15.3. The lowest BCUT2D eigenvalue weighted by Gasteiger charge is -2.34. The number of nitrogens with one attached hydrogen (secondary N) is 2. The molecule has 1 amide bonds. The molecule has 0 spiro atoms. The van der Waals surface area contributed by atoms with Crippen molar-refractivity contribution in [2.24, 2.45) is 13.0 Å². The molecule has 0 unspecified atom stereocenters. The number of nitrogens with zero attached hydrogens (tertiary/aromatic N) is 5. The molecule has 59 heavy (non-hydrogen) atoms. The summed E-state index contributed by atoms with van der Waals surface area (Å²) in [6.07, 6.45) is 1.28. The molecular formula is C40H38ClF4N7O6S. The summed E-state index contributed by atoms with van der Waals surface area (Å²) in [4.78, 5) is 31.9. The van der Waals surface area contributed by atoms with Crippen molar-refractivity contribution < 1.29 is 45.4 Å². The van der Waals surface area contributed by atoms with E-state index >= 15 is 8.78 Å². The number of hydrogen-bond acceptors (Lipinski definition) is 9. The smallest absolute Gasteiger partial charge is 0.359 e. The average Bonchev–Trinajstić information content (AvgIpc) is 3.67. The van der Waals surface area contributed by atoms with Crippen LogP contribution in [-0.2, 0) is 45.5 Å². The Bertz CT molecular complexity index is 2700. The van der Waals surface area contributed by atoms with Crippen molar-refractivity contribution in [3.8, 4) is 23.0 Å². The number of benzene rings is 2. The third-order valence-electron chi connectivity index (χ3n) is 10.1. The van der Waals surface area contributed by atoms with Crippen LogP contribution in [0.15, 0.2) is 42.5 Å². The monoisotopic (exact) mass is 855 g/mol. The van der Waals surface area contributed by atoms with Gasteiger partial charge < -0.3 is 15.2 Å². The number of anilines is 1. The number of carbonyl (C=O) groups excluding carboxylic acids is 2. The number of aryl methyl sites for hydroxylation is 1. The fourth-order valence-electron chi connectivity index (χ4n) is 7.75. The molecular weight excluding hydrogens is 818 g/mol. The van der Waals surface area contributed by atoms with Crippen LogP contribution in [0.25, 0.3) is 22.0 Å². The van der Waals surface area contributed by atoms with Gasteiger partial charge in [-0.3, -0.25) is 18.9 Å². The average molecular weight is 856 g/mol. The number of carbonyl (C=O) groups is 2. The summed E-state index contributed by atoms with van der Waals surface area (Å²) in [7, 11) is -2.27.